The Bertz CT molecular complexity index is 555. The fraction of sp³-hybridized carbons (Fsp3) is 0.850. The van der Waals surface area contributed by atoms with Crippen molar-refractivity contribution in [3.8, 4) is 0 Å². The standard InChI is InChI=1S/C20H30O3/c1-18(12-22)6-3-7-19(2)15-5-4-13-9-20(15,10-14(13)11-21)17(23)8-16(18)19/h10-11,13,15-17,22-23H,3-9,12H2,1-2H3/t13-,15+,16-,17+,18-,19+,20-/m1/s1. The highest BCUT2D eigenvalue weighted by Gasteiger charge is 2.65. The van der Waals surface area contributed by atoms with Crippen LogP contribution in [0.4, 0.5) is 0 Å². The van der Waals surface area contributed by atoms with Crippen molar-refractivity contribution in [1.29, 1.82) is 0 Å². The number of allylic oxidation sites excluding steroid dienone is 1. The third-order valence-corrected chi connectivity index (χ3v) is 8.43. The lowest BCUT2D eigenvalue weighted by atomic mass is 9.40. The summed E-state index contributed by atoms with van der Waals surface area (Å²) in [6.45, 7) is 4.85. The first-order valence-electron chi connectivity index (χ1n) is 9.36. The normalized spacial score (nSPS) is 54.9. The molecule has 4 aliphatic rings. The summed E-state index contributed by atoms with van der Waals surface area (Å²) in [5, 5.41) is 21.2. The highest BCUT2D eigenvalue weighted by atomic mass is 16.3. The minimum atomic E-state index is -0.366. The van der Waals surface area contributed by atoms with Crippen LogP contribution in [0.5, 0.6) is 0 Å². The molecule has 0 amide bonds. The van der Waals surface area contributed by atoms with Crippen LogP contribution >= 0.6 is 0 Å². The van der Waals surface area contributed by atoms with E-state index in [0.717, 1.165) is 44.0 Å². The van der Waals surface area contributed by atoms with Gasteiger partial charge in [0.15, 0.2) is 0 Å². The third kappa shape index (κ3) is 1.87. The van der Waals surface area contributed by atoms with Gasteiger partial charge < -0.3 is 10.2 Å². The molecule has 3 nitrogen and oxygen atoms in total. The highest BCUT2D eigenvalue weighted by Crippen LogP contribution is 2.70. The summed E-state index contributed by atoms with van der Waals surface area (Å²) in [5.74, 6) is 1.19. The molecule has 128 valence electrons. The lowest BCUT2D eigenvalue weighted by Crippen LogP contribution is -2.61. The number of hydrogen-bond acceptors (Lipinski definition) is 3. The topological polar surface area (TPSA) is 57.5 Å². The monoisotopic (exact) mass is 318 g/mol. The van der Waals surface area contributed by atoms with Crippen LogP contribution in [0.1, 0.15) is 58.8 Å². The molecule has 3 saturated carbocycles. The van der Waals surface area contributed by atoms with Crippen molar-refractivity contribution in [2.45, 2.75) is 64.9 Å². The first kappa shape index (κ1) is 15.8. The molecule has 0 aliphatic heterocycles. The number of aldehydes is 1. The maximum Gasteiger partial charge on any atom is 0.146 e. The van der Waals surface area contributed by atoms with Gasteiger partial charge in [0.1, 0.15) is 6.29 Å². The van der Waals surface area contributed by atoms with Gasteiger partial charge in [0.2, 0.25) is 0 Å². The number of rotatable bonds is 2. The molecule has 0 saturated heterocycles. The molecule has 1 spiro atoms. The van der Waals surface area contributed by atoms with E-state index < -0.39 is 0 Å². The number of carbonyl (C=O) groups excluding carboxylic acids is 1. The van der Waals surface area contributed by atoms with Crippen molar-refractivity contribution in [2.75, 3.05) is 6.61 Å². The molecule has 0 unspecified atom stereocenters. The van der Waals surface area contributed by atoms with Crippen molar-refractivity contribution < 1.29 is 15.0 Å². The zero-order valence-corrected chi connectivity index (χ0v) is 14.4. The van der Waals surface area contributed by atoms with Crippen LogP contribution in [-0.2, 0) is 4.79 Å². The minimum Gasteiger partial charge on any atom is -0.396 e. The minimum absolute atomic E-state index is 0.0672. The molecule has 0 heterocycles. The van der Waals surface area contributed by atoms with Crippen LogP contribution in [0.2, 0.25) is 0 Å². The Hall–Kier alpha value is -0.670. The Morgan fingerprint density at radius 3 is 2.74 bits per heavy atom. The number of fused-ring (bicyclic) bond motifs is 3. The summed E-state index contributed by atoms with van der Waals surface area (Å²) in [6.07, 6.45) is 10.2. The molecule has 0 aromatic heterocycles. The van der Waals surface area contributed by atoms with E-state index in [1.807, 2.05) is 0 Å². The zero-order valence-electron chi connectivity index (χ0n) is 14.4. The Morgan fingerprint density at radius 2 is 2.04 bits per heavy atom. The van der Waals surface area contributed by atoms with Gasteiger partial charge in [0.05, 0.1) is 6.10 Å². The van der Waals surface area contributed by atoms with Crippen molar-refractivity contribution in [1.82, 2.24) is 0 Å². The maximum absolute atomic E-state index is 11.5. The van der Waals surface area contributed by atoms with E-state index >= 15 is 0 Å². The van der Waals surface area contributed by atoms with Gasteiger partial charge in [-0.25, -0.2) is 0 Å². The van der Waals surface area contributed by atoms with Crippen molar-refractivity contribution >= 4 is 6.29 Å². The van der Waals surface area contributed by atoms with Crippen LogP contribution in [0.25, 0.3) is 0 Å². The second kappa shape index (κ2) is 4.92. The lowest BCUT2D eigenvalue weighted by Gasteiger charge is -2.65. The SMILES string of the molecule is C[C@]1(CO)CCC[C@]2(C)[C@@H]1C[C@H](O)[C@]13C=C(C=O)[C@H](CC[C@@H]21)C3. The average Bonchev–Trinajstić information content (AvgIpc) is 2.82. The molecule has 4 rings (SSSR count). The second-order valence-corrected chi connectivity index (χ2v) is 9.38. The van der Waals surface area contributed by atoms with E-state index in [2.05, 4.69) is 19.9 Å². The van der Waals surface area contributed by atoms with Gasteiger partial charge in [-0.05, 0) is 72.7 Å². The summed E-state index contributed by atoms with van der Waals surface area (Å²) in [7, 11) is 0. The Balaban J connectivity index is 1.80. The Labute approximate surface area is 139 Å². The number of aliphatic hydroxyl groups is 2. The summed E-state index contributed by atoms with van der Waals surface area (Å²) >= 11 is 0. The second-order valence-electron chi connectivity index (χ2n) is 9.38. The molecular formula is C20H30O3. The van der Waals surface area contributed by atoms with Gasteiger partial charge in [0, 0.05) is 12.0 Å². The van der Waals surface area contributed by atoms with Crippen LogP contribution in [0.15, 0.2) is 11.6 Å². The van der Waals surface area contributed by atoms with E-state index in [9.17, 15) is 15.0 Å². The molecule has 2 bridgehead atoms. The highest BCUT2D eigenvalue weighted by molar-refractivity contribution is 5.75. The summed E-state index contributed by atoms with van der Waals surface area (Å²) in [5.41, 5.74) is 0.865. The predicted octanol–water partition coefficient (Wildman–Crippen LogP) is 3.10. The number of aliphatic hydroxyl groups excluding tert-OH is 2. The van der Waals surface area contributed by atoms with Crippen LogP contribution < -0.4 is 0 Å². The molecular weight excluding hydrogens is 288 g/mol. The van der Waals surface area contributed by atoms with Gasteiger partial charge in [-0.3, -0.25) is 4.79 Å². The fourth-order valence-corrected chi connectivity index (χ4v) is 7.34. The number of hydrogen-bond donors (Lipinski definition) is 2. The van der Waals surface area contributed by atoms with Crippen molar-refractivity contribution in [3.05, 3.63) is 11.6 Å². The van der Waals surface area contributed by atoms with E-state index in [1.165, 1.54) is 12.8 Å². The van der Waals surface area contributed by atoms with Crippen LogP contribution in [-0.4, -0.2) is 29.2 Å². The van der Waals surface area contributed by atoms with Gasteiger partial charge >= 0.3 is 0 Å². The van der Waals surface area contributed by atoms with E-state index in [-0.39, 0.29) is 29.0 Å². The molecule has 23 heavy (non-hydrogen) atoms. The lowest BCUT2D eigenvalue weighted by molar-refractivity contribution is -0.193. The molecule has 2 N–H and O–H groups in total. The molecule has 3 heteroatoms. The average molecular weight is 318 g/mol. The maximum atomic E-state index is 11.5. The first-order chi connectivity index (χ1) is 10.9. The van der Waals surface area contributed by atoms with Gasteiger partial charge in [-0.1, -0.05) is 26.3 Å². The van der Waals surface area contributed by atoms with Gasteiger partial charge in [-0.15, -0.1) is 0 Å². The predicted molar refractivity (Wildman–Crippen MR) is 88.7 cm³/mol. The molecule has 4 aliphatic carbocycles. The summed E-state index contributed by atoms with van der Waals surface area (Å²) < 4.78 is 0. The van der Waals surface area contributed by atoms with Crippen LogP contribution in [0.3, 0.4) is 0 Å². The quantitative estimate of drug-likeness (QED) is 0.769. The van der Waals surface area contributed by atoms with E-state index in [0.29, 0.717) is 17.8 Å². The van der Waals surface area contributed by atoms with E-state index in [1.54, 1.807) is 0 Å². The Morgan fingerprint density at radius 1 is 1.26 bits per heavy atom. The third-order valence-electron chi connectivity index (χ3n) is 8.43. The van der Waals surface area contributed by atoms with Crippen molar-refractivity contribution in [2.24, 2.45) is 34.0 Å². The Kier molecular flexibility index (Phi) is 3.39. The molecule has 0 aromatic carbocycles. The summed E-state index contributed by atoms with van der Waals surface area (Å²) in [6, 6.07) is 0. The molecule has 0 radical (unpaired) electrons. The van der Waals surface area contributed by atoms with E-state index in [4.69, 9.17) is 0 Å². The number of carbonyl (C=O) groups is 1. The molecule has 7 atom stereocenters. The summed E-state index contributed by atoms with van der Waals surface area (Å²) in [4.78, 5) is 11.5. The smallest absolute Gasteiger partial charge is 0.146 e. The zero-order chi connectivity index (χ0) is 16.5. The largest absolute Gasteiger partial charge is 0.396 e. The van der Waals surface area contributed by atoms with Crippen molar-refractivity contribution in [3.63, 3.8) is 0 Å². The van der Waals surface area contributed by atoms with Gasteiger partial charge in [-0.2, -0.15) is 0 Å². The fourth-order valence-electron chi connectivity index (χ4n) is 7.34. The van der Waals surface area contributed by atoms with Gasteiger partial charge in [0.25, 0.3) is 0 Å². The first-order valence-corrected chi connectivity index (χ1v) is 9.36. The molecule has 0 aromatic rings. The molecule has 3 fully saturated rings. The van der Waals surface area contributed by atoms with Crippen LogP contribution in [0, 0.1) is 34.0 Å².